The molecule has 1 saturated heterocycles. The molecule has 0 aromatic heterocycles. The van der Waals surface area contributed by atoms with Crippen LogP contribution in [0.1, 0.15) is 37.8 Å². The molecule has 0 radical (unpaired) electrons. The maximum absolute atomic E-state index is 13.1. The third-order valence-corrected chi connectivity index (χ3v) is 6.87. The molecule has 2 aromatic carbocycles. The zero-order valence-corrected chi connectivity index (χ0v) is 17.9. The van der Waals surface area contributed by atoms with Crippen molar-refractivity contribution in [2.45, 2.75) is 43.2 Å². The molecule has 0 spiro atoms. The van der Waals surface area contributed by atoms with Gasteiger partial charge in [0, 0.05) is 6.54 Å². The highest BCUT2D eigenvalue weighted by Gasteiger charge is 2.27. The minimum absolute atomic E-state index is 0.0452. The molecule has 0 aliphatic carbocycles. The molecule has 30 heavy (non-hydrogen) atoms. The van der Waals surface area contributed by atoms with Crippen LogP contribution in [0.5, 0.6) is 0 Å². The SMILES string of the molecule is CCC(NS(=O)(=O)c1ccc(F)cc1)C(=O)NCC(c1ccccc1)N1CCCC1. The van der Waals surface area contributed by atoms with Crippen LogP contribution in [0.3, 0.4) is 0 Å². The Hall–Kier alpha value is -2.29. The van der Waals surface area contributed by atoms with Crippen molar-refractivity contribution in [3.05, 3.63) is 66.0 Å². The van der Waals surface area contributed by atoms with Crippen LogP contribution in [0.4, 0.5) is 4.39 Å². The van der Waals surface area contributed by atoms with E-state index in [0.29, 0.717) is 13.0 Å². The first-order valence-corrected chi connectivity index (χ1v) is 11.7. The Morgan fingerprint density at radius 2 is 1.70 bits per heavy atom. The molecule has 1 aliphatic heterocycles. The van der Waals surface area contributed by atoms with E-state index in [0.717, 1.165) is 43.6 Å². The molecule has 1 aliphatic rings. The molecular formula is C22H28FN3O3S. The molecule has 2 atom stereocenters. The summed E-state index contributed by atoms with van der Waals surface area (Å²) in [6, 6.07) is 13.7. The molecular weight excluding hydrogens is 405 g/mol. The molecule has 6 nitrogen and oxygen atoms in total. The Balaban J connectivity index is 1.67. The van der Waals surface area contributed by atoms with Gasteiger partial charge in [-0.1, -0.05) is 37.3 Å². The Morgan fingerprint density at radius 1 is 1.07 bits per heavy atom. The lowest BCUT2D eigenvalue weighted by molar-refractivity contribution is -0.123. The van der Waals surface area contributed by atoms with Crippen molar-refractivity contribution in [1.82, 2.24) is 14.9 Å². The van der Waals surface area contributed by atoms with Crippen LogP contribution in [-0.4, -0.2) is 44.9 Å². The zero-order chi connectivity index (χ0) is 21.6. The van der Waals surface area contributed by atoms with Gasteiger partial charge in [-0.3, -0.25) is 9.69 Å². The topological polar surface area (TPSA) is 78.5 Å². The van der Waals surface area contributed by atoms with Gasteiger partial charge in [0.2, 0.25) is 15.9 Å². The number of rotatable bonds is 9. The third kappa shape index (κ3) is 5.65. The molecule has 2 N–H and O–H groups in total. The van der Waals surface area contributed by atoms with Gasteiger partial charge in [-0.25, -0.2) is 12.8 Å². The largest absolute Gasteiger partial charge is 0.353 e. The van der Waals surface area contributed by atoms with Crippen LogP contribution in [0, 0.1) is 5.82 Å². The van der Waals surface area contributed by atoms with E-state index in [1.165, 1.54) is 12.1 Å². The number of likely N-dealkylation sites (tertiary alicyclic amines) is 1. The number of carbonyl (C=O) groups is 1. The van der Waals surface area contributed by atoms with Crippen molar-refractivity contribution in [2.24, 2.45) is 0 Å². The number of nitrogens with one attached hydrogen (secondary N) is 2. The second-order valence-electron chi connectivity index (χ2n) is 7.45. The highest BCUT2D eigenvalue weighted by molar-refractivity contribution is 7.89. The summed E-state index contributed by atoms with van der Waals surface area (Å²) in [6.45, 7) is 4.10. The van der Waals surface area contributed by atoms with Gasteiger partial charge in [-0.15, -0.1) is 0 Å². The molecule has 8 heteroatoms. The van der Waals surface area contributed by atoms with E-state index in [9.17, 15) is 17.6 Å². The quantitative estimate of drug-likeness (QED) is 0.638. The summed E-state index contributed by atoms with van der Waals surface area (Å²) in [7, 11) is -3.93. The fraction of sp³-hybridized carbons (Fsp3) is 0.409. The van der Waals surface area contributed by atoms with E-state index < -0.39 is 21.9 Å². The van der Waals surface area contributed by atoms with Crippen LogP contribution in [0.25, 0.3) is 0 Å². The number of nitrogens with zero attached hydrogens (tertiary/aromatic N) is 1. The molecule has 162 valence electrons. The van der Waals surface area contributed by atoms with E-state index >= 15 is 0 Å². The molecule has 2 unspecified atom stereocenters. The summed E-state index contributed by atoms with van der Waals surface area (Å²) in [6.07, 6.45) is 2.56. The molecule has 3 rings (SSSR count). The second-order valence-corrected chi connectivity index (χ2v) is 9.16. The van der Waals surface area contributed by atoms with Crippen molar-refractivity contribution < 1.29 is 17.6 Å². The van der Waals surface area contributed by atoms with Crippen molar-refractivity contribution in [3.63, 3.8) is 0 Å². The van der Waals surface area contributed by atoms with Crippen LogP contribution in [0.2, 0.25) is 0 Å². The Morgan fingerprint density at radius 3 is 2.30 bits per heavy atom. The van der Waals surface area contributed by atoms with E-state index in [4.69, 9.17) is 0 Å². The average Bonchev–Trinajstić information content (AvgIpc) is 3.27. The van der Waals surface area contributed by atoms with Gasteiger partial charge in [0.1, 0.15) is 11.9 Å². The predicted molar refractivity (Wildman–Crippen MR) is 114 cm³/mol. The number of sulfonamides is 1. The monoisotopic (exact) mass is 433 g/mol. The summed E-state index contributed by atoms with van der Waals surface area (Å²) in [4.78, 5) is 15.0. The molecule has 2 aromatic rings. The Bertz CT molecular complexity index is 930. The van der Waals surface area contributed by atoms with Crippen LogP contribution in [-0.2, 0) is 14.8 Å². The first-order chi connectivity index (χ1) is 14.4. The number of amides is 1. The lowest BCUT2D eigenvalue weighted by Crippen LogP contribution is -2.48. The van der Waals surface area contributed by atoms with Gasteiger partial charge in [-0.05, 0) is 62.2 Å². The maximum atomic E-state index is 13.1. The van der Waals surface area contributed by atoms with Crippen molar-refractivity contribution >= 4 is 15.9 Å². The van der Waals surface area contributed by atoms with Gasteiger partial charge < -0.3 is 5.32 Å². The smallest absolute Gasteiger partial charge is 0.241 e. The summed E-state index contributed by atoms with van der Waals surface area (Å²) in [5, 5.41) is 2.92. The standard InChI is InChI=1S/C22H28FN3O3S/c1-2-20(25-30(28,29)19-12-10-18(23)11-13-19)22(27)24-16-21(26-14-6-7-15-26)17-8-4-3-5-9-17/h3-5,8-13,20-21,25H,2,6-7,14-16H2,1H3,(H,24,27). The highest BCUT2D eigenvalue weighted by atomic mass is 32.2. The summed E-state index contributed by atoms with van der Waals surface area (Å²) >= 11 is 0. The first-order valence-electron chi connectivity index (χ1n) is 10.3. The fourth-order valence-electron chi connectivity index (χ4n) is 3.70. The van der Waals surface area contributed by atoms with Gasteiger partial charge in [0.25, 0.3) is 0 Å². The Kier molecular flexibility index (Phi) is 7.58. The first kappa shape index (κ1) is 22.4. The number of hydrogen-bond acceptors (Lipinski definition) is 4. The maximum Gasteiger partial charge on any atom is 0.241 e. The molecule has 0 saturated carbocycles. The number of carbonyl (C=O) groups excluding carboxylic acids is 1. The van der Waals surface area contributed by atoms with Gasteiger partial charge in [-0.2, -0.15) is 4.72 Å². The summed E-state index contributed by atoms with van der Waals surface area (Å²) < 4.78 is 40.7. The zero-order valence-electron chi connectivity index (χ0n) is 17.1. The van der Waals surface area contributed by atoms with Crippen LogP contribution in [0.15, 0.2) is 59.5 Å². The van der Waals surface area contributed by atoms with E-state index in [-0.39, 0.29) is 16.8 Å². The van der Waals surface area contributed by atoms with Crippen LogP contribution < -0.4 is 10.0 Å². The summed E-state index contributed by atoms with van der Waals surface area (Å²) in [5.74, 6) is -0.893. The number of benzene rings is 2. The van der Waals surface area contributed by atoms with E-state index in [1.807, 2.05) is 30.3 Å². The minimum Gasteiger partial charge on any atom is -0.353 e. The van der Waals surface area contributed by atoms with Crippen LogP contribution >= 0.6 is 0 Å². The molecule has 1 fully saturated rings. The van der Waals surface area contributed by atoms with Gasteiger partial charge >= 0.3 is 0 Å². The molecule has 0 bridgehead atoms. The minimum atomic E-state index is -3.93. The normalized spacial score (nSPS) is 16.9. The third-order valence-electron chi connectivity index (χ3n) is 5.38. The van der Waals surface area contributed by atoms with Gasteiger partial charge in [0.05, 0.1) is 10.9 Å². The van der Waals surface area contributed by atoms with Gasteiger partial charge in [0.15, 0.2) is 0 Å². The summed E-state index contributed by atoms with van der Waals surface area (Å²) in [5.41, 5.74) is 1.12. The number of halogens is 1. The van der Waals surface area contributed by atoms with Crippen molar-refractivity contribution in [2.75, 3.05) is 19.6 Å². The molecule has 1 heterocycles. The van der Waals surface area contributed by atoms with Crippen molar-refractivity contribution in [3.8, 4) is 0 Å². The second kappa shape index (κ2) is 10.1. The average molecular weight is 434 g/mol. The van der Waals surface area contributed by atoms with E-state index in [1.54, 1.807) is 6.92 Å². The highest BCUT2D eigenvalue weighted by Crippen LogP contribution is 2.24. The molecule has 1 amide bonds. The van der Waals surface area contributed by atoms with E-state index in [2.05, 4.69) is 14.9 Å². The fourth-order valence-corrected chi connectivity index (χ4v) is 4.98. The lowest BCUT2D eigenvalue weighted by atomic mass is 10.1. The van der Waals surface area contributed by atoms with Crippen molar-refractivity contribution in [1.29, 1.82) is 0 Å². The predicted octanol–water partition coefficient (Wildman–Crippen LogP) is 2.84. The lowest BCUT2D eigenvalue weighted by Gasteiger charge is -2.29. The number of hydrogen-bond donors (Lipinski definition) is 2. The Labute approximate surface area is 177 Å².